The monoisotopic (exact) mass is 232 g/mol. The van der Waals surface area contributed by atoms with Crippen LogP contribution in [0.1, 0.15) is 13.8 Å². The molecule has 1 heterocycles. The van der Waals surface area contributed by atoms with E-state index in [0.717, 1.165) is 12.3 Å². The lowest BCUT2D eigenvalue weighted by Crippen LogP contribution is -2.02. The van der Waals surface area contributed by atoms with Crippen molar-refractivity contribution in [2.45, 2.75) is 19.1 Å². The molecule has 0 spiro atoms. The van der Waals surface area contributed by atoms with Gasteiger partial charge in [-0.05, 0) is 5.92 Å². The summed E-state index contributed by atoms with van der Waals surface area (Å²) >= 11 is 3.59. The van der Waals surface area contributed by atoms with E-state index >= 15 is 0 Å². The van der Waals surface area contributed by atoms with Crippen molar-refractivity contribution in [3.8, 4) is 0 Å². The van der Waals surface area contributed by atoms with E-state index in [1.165, 1.54) is 4.38 Å². The Morgan fingerprint density at radius 1 is 1.64 bits per heavy atom. The summed E-state index contributed by atoms with van der Waals surface area (Å²) in [7, 11) is 1.57. The standard InChI is InChI=1S/C9H16N2OS2/c1-7(2)4-10-9-13-6-8(14-9)5-11-12-3/h5,7-8H,4,6H2,1-3H3. The van der Waals surface area contributed by atoms with Crippen LogP contribution in [0.5, 0.6) is 0 Å². The van der Waals surface area contributed by atoms with Crippen LogP contribution >= 0.6 is 23.5 Å². The van der Waals surface area contributed by atoms with Crippen LogP contribution in [0.15, 0.2) is 10.1 Å². The molecule has 1 rings (SSSR count). The van der Waals surface area contributed by atoms with Crippen LogP contribution in [0.2, 0.25) is 0 Å². The van der Waals surface area contributed by atoms with Gasteiger partial charge in [-0.15, -0.1) is 0 Å². The largest absolute Gasteiger partial charge is 0.399 e. The number of aliphatic imine (C=N–C) groups is 1. The molecule has 0 radical (unpaired) electrons. The zero-order valence-electron chi connectivity index (χ0n) is 8.77. The van der Waals surface area contributed by atoms with Crippen molar-refractivity contribution in [2.75, 3.05) is 19.4 Å². The summed E-state index contributed by atoms with van der Waals surface area (Å²) in [6.07, 6.45) is 1.84. The molecule has 80 valence electrons. The lowest BCUT2D eigenvalue weighted by molar-refractivity contribution is 0.215. The van der Waals surface area contributed by atoms with Gasteiger partial charge in [-0.2, -0.15) is 0 Å². The van der Waals surface area contributed by atoms with Crippen molar-refractivity contribution < 1.29 is 4.84 Å². The van der Waals surface area contributed by atoms with Gasteiger partial charge in [-0.3, -0.25) is 4.99 Å². The Morgan fingerprint density at radius 3 is 3.07 bits per heavy atom. The second-order valence-corrected chi connectivity index (χ2v) is 5.90. The van der Waals surface area contributed by atoms with Gasteiger partial charge in [0.1, 0.15) is 11.5 Å². The fourth-order valence-electron chi connectivity index (χ4n) is 0.893. The summed E-state index contributed by atoms with van der Waals surface area (Å²) in [4.78, 5) is 9.17. The Kier molecular flexibility index (Phi) is 5.40. The van der Waals surface area contributed by atoms with Crippen molar-refractivity contribution in [2.24, 2.45) is 16.1 Å². The Labute approximate surface area is 93.8 Å². The van der Waals surface area contributed by atoms with E-state index in [4.69, 9.17) is 0 Å². The third kappa shape index (κ3) is 4.37. The van der Waals surface area contributed by atoms with Crippen molar-refractivity contribution >= 4 is 34.1 Å². The molecule has 0 aliphatic carbocycles. The van der Waals surface area contributed by atoms with Crippen LogP contribution in [0.4, 0.5) is 0 Å². The summed E-state index contributed by atoms with van der Waals surface area (Å²) in [5.41, 5.74) is 0. The van der Waals surface area contributed by atoms with Gasteiger partial charge in [0, 0.05) is 12.3 Å². The molecule has 1 aliphatic rings. The predicted octanol–water partition coefficient (Wildman–Crippen LogP) is 2.48. The highest BCUT2D eigenvalue weighted by molar-refractivity contribution is 8.42. The van der Waals surface area contributed by atoms with Gasteiger partial charge in [0.15, 0.2) is 0 Å². The van der Waals surface area contributed by atoms with Crippen LogP contribution < -0.4 is 0 Å². The first-order valence-corrected chi connectivity index (χ1v) is 6.49. The first-order valence-electron chi connectivity index (χ1n) is 4.63. The van der Waals surface area contributed by atoms with Gasteiger partial charge in [-0.25, -0.2) is 0 Å². The van der Waals surface area contributed by atoms with Crippen LogP contribution in [0.3, 0.4) is 0 Å². The third-order valence-electron chi connectivity index (χ3n) is 1.54. The van der Waals surface area contributed by atoms with E-state index in [1.54, 1.807) is 18.9 Å². The Balaban J connectivity index is 2.33. The number of rotatable bonds is 4. The molecule has 0 aromatic rings. The fourth-order valence-corrected chi connectivity index (χ4v) is 3.29. The first-order chi connectivity index (χ1) is 6.72. The third-order valence-corrected chi connectivity index (χ3v) is 4.22. The maximum absolute atomic E-state index is 4.64. The highest BCUT2D eigenvalue weighted by Crippen LogP contribution is 2.32. The van der Waals surface area contributed by atoms with Crippen LogP contribution in [-0.2, 0) is 4.84 Å². The Bertz CT molecular complexity index is 229. The first kappa shape index (κ1) is 11.9. The van der Waals surface area contributed by atoms with Crippen LogP contribution in [0, 0.1) is 5.92 Å². The van der Waals surface area contributed by atoms with Crippen molar-refractivity contribution in [1.82, 2.24) is 0 Å². The van der Waals surface area contributed by atoms with Gasteiger partial charge in [0.25, 0.3) is 0 Å². The van der Waals surface area contributed by atoms with Gasteiger partial charge < -0.3 is 4.84 Å². The summed E-state index contributed by atoms with van der Waals surface area (Å²) < 4.78 is 1.19. The molecule has 0 N–H and O–H groups in total. The smallest absolute Gasteiger partial charge is 0.125 e. The van der Waals surface area contributed by atoms with Gasteiger partial charge >= 0.3 is 0 Å². The second-order valence-electron chi connectivity index (χ2n) is 3.40. The molecule has 3 nitrogen and oxygen atoms in total. The predicted molar refractivity (Wildman–Crippen MR) is 66.5 cm³/mol. The minimum atomic E-state index is 0.422. The highest BCUT2D eigenvalue weighted by Gasteiger charge is 2.20. The van der Waals surface area contributed by atoms with Crippen molar-refractivity contribution in [3.05, 3.63) is 0 Å². The number of oxime groups is 1. The van der Waals surface area contributed by atoms with E-state index in [-0.39, 0.29) is 0 Å². The Hall–Kier alpha value is -0.160. The van der Waals surface area contributed by atoms with Gasteiger partial charge in [0.05, 0.1) is 11.5 Å². The van der Waals surface area contributed by atoms with Crippen LogP contribution in [-0.4, -0.2) is 35.2 Å². The summed E-state index contributed by atoms with van der Waals surface area (Å²) in [5.74, 6) is 1.68. The van der Waals surface area contributed by atoms with E-state index in [9.17, 15) is 0 Å². The van der Waals surface area contributed by atoms with Gasteiger partial charge in [0.2, 0.25) is 0 Å². The van der Waals surface area contributed by atoms with E-state index < -0.39 is 0 Å². The summed E-state index contributed by atoms with van der Waals surface area (Å²) in [6.45, 7) is 5.28. The molecule has 0 amide bonds. The SMILES string of the molecule is CON=CC1CSC(=NCC(C)C)S1. The molecular formula is C9H16N2OS2. The molecule has 5 heteroatoms. The maximum Gasteiger partial charge on any atom is 0.125 e. The number of hydrogen-bond donors (Lipinski definition) is 0. The molecule has 1 unspecified atom stereocenters. The normalized spacial score (nSPS) is 25.4. The lowest BCUT2D eigenvalue weighted by Gasteiger charge is -1.99. The van der Waals surface area contributed by atoms with E-state index in [1.807, 2.05) is 18.0 Å². The van der Waals surface area contributed by atoms with E-state index in [2.05, 4.69) is 28.8 Å². The zero-order chi connectivity index (χ0) is 10.4. The molecule has 1 fully saturated rings. The van der Waals surface area contributed by atoms with E-state index in [0.29, 0.717) is 11.2 Å². The minimum absolute atomic E-state index is 0.422. The topological polar surface area (TPSA) is 34.0 Å². The Morgan fingerprint density at radius 2 is 2.43 bits per heavy atom. The average molecular weight is 232 g/mol. The van der Waals surface area contributed by atoms with Crippen molar-refractivity contribution in [1.29, 1.82) is 0 Å². The summed E-state index contributed by atoms with van der Waals surface area (Å²) in [6, 6.07) is 0. The number of nitrogens with zero attached hydrogens (tertiary/aromatic N) is 2. The molecule has 0 aromatic carbocycles. The number of thioether (sulfide) groups is 2. The molecule has 0 aromatic heterocycles. The number of hydrogen-bond acceptors (Lipinski definition) is 5. The maximum atomic E-state index is 4.64. The molecular weight excluding hydrogens is 216 g/mol. The zero-order valence-corrected chi connectivity index (χ0v) is 10.4. The molecule has 14 heavy (non-hydrogen) atoms. The molecule has 0 bridgehead atoms. The second kappa shape index (κ2) is 6.35. The molecule has 1 saturated heterocycles. The lowest BCUT2D eigenvalue weighted by atomic mass is 10.2. The quantitative estimate of drug-likeness (QED) is 0.551. The van der Waals surface area contributed by atoms with Gasteiger partial charge in [-0.1, -0.05) is 42.5 Å². The molecule has 1 atom stereocenters. The molecule has 0 saturated carbocycles. The van der Waals surface area contributed by atoms with Crippen LogP contribution in [0.25, 0.3) is 0 Å². The minimum Gasteiger partial charge on any atom is -0.399 e. The summed E-state index contributed by atoms with van der Waals surface area (Å²) in [5, 5.41) is 4.19. The highest BCUT2D eigenvalue weighted by atomic mass is 32.2. The molecule has 1 aliphatic heterocycles. The average Bonchev–Trinajstić information content (AvgIpc) is 2.59. The van der Waals surface area contributed by atoms with Crippen molar-refractivity contribution in [3.63, 3.8) is 0 Å². The fraction of sp³-hybridized carbons (Fsp3) is 0.778.